The van der Waals surface area contributed by atoms with E-state index in [0.717, 1.165) is 34.4 Å². The molecule has 2 aromatic carbocycles. The van der Waals surface area contributed by atoms with Crippen LogP contribution in [0.15, 0.2) is 42.5 Å². The molecule has 0 aliphatic carbocycles. The maximum atomic E-state index is 13.7. The molecule has 1 aliphatic heterocycles. The minimum Gasteiger partial charge on any atom is -0.340 e. The summed E-state index contributed by atoms with van der Waals surface area (Å²) in [6, 6.07) is 12.1. The summed E-state index contributed by atoms with van der Waals surface area (Å²) in [5.41, 5.74) is 6.65. The number of fused-ring (bicyclic) bond motifs is 3. The molecule has 0 atom stereocenters. The van der Waals surface area contributed by atoms with E-state index in [0.29, 0.717) is 12.1 Å². The number of carbonyl (C=O) groups is 1. The van der Waals surface area contributed by atoms with Gasteiger partial charge in [0.1, 0.15) is 5.82 Å². The van der Waals surface area contributed by atoms with Crippen LogP contribution in [-0.4, -0.2) is 21.4 Å². The van der Waals surface area contributed by atoms with Gasteiger partial charge in [0.15, 0.2) is 0 Å². The highest BCUT2D eigenvalue weighted by atomic mass is 32.2. The minimum absolute atomic E-state index is 0.206. The van der Waals surface area contributed by atoms with Crippen molar-refractivity contribution in [1.82, 2.24) is 10.0 Å². The number of carbonyl (C=O) groups excluding carboxylic acids is 1. The summed E-state index contributed by atoms with van der Waals surface area (Å²) in [6.07, 6.45) is 0.974. The summed E-state index contributed by atoms with van der Waals surface area (Å²) in [5.74, 6) is 1.25. The zero-order valence-electron chi connectivity index (χ0n) is 13.5. The lowest BCUT2D eigenvalue weighted by molar-refractivity contribution is 0.0706. The smallest absolute Gasteiger partial charge is 0.274 e. The molecule has 25 heavy (non-hydrogen) atoms. The maximum Gasteiger partial charge on any atom is 0.274 e. The van der Waals surface area contributed by atoms with Gasteiger partial charge in [-0.25, -0.2) is 9.87 Å². The molecule has 0 saturated carbocycles. The molecule has 1 amide bonds. The fourth-order valence-corrected chi connectivity index (χ4v) is 4.44. The van der Waals surface area contributed by atoms with Crippen molar-refractivity contribution in [3.8, 4) is 0 Å². The average molecular weight is 356 g/mol. The van der Waals surface area contributed by atoms with Crippen LogP contribution in [0.5, 0.6) is 0 Å². The molecule has 1 aromatic heterocycles. The quantitative estimate of drug-likeness (QED) is 0.555. The van der Waals surface area contributed by atoms with E-state index in [1.807, 2.05) is 30.0 Å². The minimum atomic E-state index is -0.525. The van der Waals surface area contributed by atoms with Crippen LogP contribution in [0.1, 0.15) is 27.2 Å². The molecule has 0 bridgehead atoms. The maximum absolute atomic E-state index is 13.7. The first-order valence-corrected chi connectivity index (χ1v) is 9.23. The van der Waals surface area contributed by atoms with Gasteiger partial charge in [-0.2, -0.15) is 11.8 Å². The van der Waals surface area contributed by atoms with Crippen molar-refractivity contribution >= 4 is 28.6 Å². The SMILES string of the molecule is O=C(NO)c1ccc(Cn2c3c(c4cc(F)ccc42)CSCC3)cc1. The van der Waals surface area contributed by atoms with Crippen molar-refractivity contribution in [2.45, 2.75) is 18.7 Å². The molecule has 4 rings (SSSR count). The predicted octanol–water partition coefficient (Wildman–Crippen LogP) is 3.74. The van der Waals surface area contributed by atoms with E-state index in [-0.39, 0.29) is 5.82 Å². The number of benzene rings is 2. The number of hydroxylamine groups is 1. The predicted molar refractivity (Wildman–Crippen MR) is 96.6 cm³/mol. The molecule has 0 radical (unpaired) electrons. The summed E-state index contributed by atoms with van der Waals surface area (Å²) in [7, 11) is 0. The van der Waals surface area contributed by atoms with Gasteiger partial charge in [-0.15, -0.1) is 0 Å². The second kappa shape index (κ2) is 6.54. The van der Waals surface area contributed by atoms with Gasteiger partial charge in [0.25, 0.3) is 5.91 Å². The molecule has 0 spiro atoms. The number of hydrogen-bond donors (Lipinski definition) is 2. The largest absolute Gasteiger partial charge is 0.340 e. The highest BCUT2D eigenvalue weighted by Gasteiger charge is 2.20. The molecular weight excluding hydrogens is 339 g/mol. The first-order chi connectivity index (χ1) is 12.2. The van der Waals surface area contributed by atoms with E-state index in [1.165, 1.54) is 17.3 Å². The Bertz CT molecular complexity index is 950. The van der Waals surface area contributed by atoms with Crippen molar-refractivity contribution in [2.75, 3.05) is 5.75 Å². The van der Waals surface area contributed by atoms with Crippen molar-refractivity contribution in [3.63, 3.8) is 0 Å². The Balaban J connectivity index is 1.75. The van der Waals surface area contributed by atoms with Gasteiger partial charge >= 0.3 is 0 Å². The lowest BCUT2D eigenvalue weighted by Gasteiger charge is -2.16. The van der Waals surface area contributed by atoms with E-state index in [2.05, 4.69) is 4.57 Å². The van der Waals surface area contributed by atoms with Gasteiger partial charge in [0, 0.05) is 34.5 Å². The first kappa shape index (κ1) is 16.2. The van der Waals surface area contributed by atoms with Crippen molar-refractivity contribution in [1.29, 1.82) is 0 Å². The Morgan fingerprint density at radius 1 is 1.24 bits per heavy atom. The van der Waals surface area contributed by atoms with Crippen LogP contribution in [0.3, 0.4) is 0 Å². The Morgan fingerprint density at radius 2 is 2.04 bits per heavy atom. The molecule has 1 aliphatic rings. The van der Waals surface area contributed by atoms with Crippen molar-refractivity contribution < 1.29 is 14.4 Å². The molecule has 0 saturated heterocycles. The van der Waals surface area contributed by atoms with E-state index in [4.69, 9.17) is 5.21 Å². The van der Waals surface area contributed by atoms with Crippen LogP contribution in [0.25, 0.3) is 10.9 Å². The normalized spacial score (nSPS) is 13.7. The fraction of sp³-hybridized carbons (Fsp3) is 0.211. The molecular formula is C19H17FN2O2S. The number of thioether (sulfide) groups is 1. The monoisotopic (exact) mass is 356 g/mol. The average Bonchev–Trinajstić information content (AvgIpc) is 2.95. The fourth-order valence-electron chi connectivity index (χ4n) is 3.43. The van der Waals surface area contributed by atoms with Gasteiger partial charge in [0.2, 0.25) is 0 Å². The summed E-state index contributed by atoms with van der Waals surface area (Å²) in [5, 5.41) is 9.70. The van der Waals surface area contributed by atoms with Crippen LogP contribution >= 0.6 is 11.8 Å². The number of rotatable bonds is 3. The number of hydrogen-bond acceptors (Lipinski definition) is 3. The number of nitrogens with zero attached hydrogens (tertiary/aromatic N) is 1. The lowest BCUT2D eigenvalue weighted by Crippen LogP contribution is -2.18. The van der Waals surface area contributed by atoms with Gasteiger partial charge in [0.05, 0.1) is 0 Å². The van der Waals surface area contributed by atoms with Gasteiger partial charge < -0.3 is 4.57 Å². The molecule has 2 N–H and O–H groups in total. The molecule has 6 heteroatoms. The second-order valence-corrected chi connectivity index (χ2v) is 7.22. The Morgan fingerprint density at radius 3 is 2.80 bits per heavy atom. The third kappa shape index (κ3) is 2.92. The van der Waals surface area contributed by atoms with Gasteiger partial charge in [-0.1, -0.05) is 12.1 Å². The standard InChI is InChI=1S/C19H17FN2O2S/c20-14-5-6-17-15(9-14)16-11-25-8-7-18(16)22(17)10-12-1-3-13(4-2-12)19(23)21-24/h1-6,9,24H,7-8,10-11H2,(H,21,23). The Hall–Kier alpha value is -2.31. The summed E-state index contributed by atoms with van der Waals surface area (Å²) < 4.78 is 16.0. The highest BCUT2D eigenvalue weighted by Crippen LogP contribution is 2.35. The van der Waals surface area contributed by atoms with Crippen LogP contribution in [0, 0.1) is 5.82 Å². The molecule has 4 nitrogen and oxygen atoms in total. The van der Waals surface area contributed by atoms with Crippen LogP contribution in [0.2, 0.25) is 0 Å². The van der Waals surface area contributed by atoms with Crippen LogP contribution in [0.4, 0.5) is 4.39 Å². The number of nitrogens with one attached hydrogen (secondary N) is 1. The van der Waals surface area contributed by atoms with Crippen LogP contribution < -0.4 is 5.48 Å². The highest BCUT2D eigenvalue weighted by molar-refractivity contribution is 7.98. The summed E-state index contributed by atoms with van der Waals surface area (Å²) >= 11 is 1.88. The Labute approximate surface area is 148 Å². The summed E-state index contributed by atoms with van der Waals surface area (Å²) in [6.45, 7) is 0.670. The number of amides is 1. The van der Waals surface area contributed by atoms with Crippen LogP contribution in [-0.2, 0) is 18.7 Å². The van der Waals surface area contributed by atoms with Crippen molar-refractivity contribution in [2.24, 2.45) is 0 Å². The number of aromatic nitrogens is 1. The Kier molecular flexibility index (Phi) is 4.23. The molecule has 2 heterocycles. The summed E-state index contributed by atoms with van der Waals surface area (Å²) in [4.78, 5) is 11.4. The van der Waals surface area contributed by atoms with E-state index < -0.39 is 5.91 Å². The van der Waals surface area contributed by atoms with Crippen molar-refractivity contribution in [3.05, 3.63) is 70.7 Å². The zero-order valence-corrected chi connectivity index (χ0v) is 14.3. The molecule has 0 fully saturated rings. The topological polar surface area (TPSA) is 54.3 Å². The van der Waals surface area contributed by atoms with E-state index in [1.54, 1.807) is 23.7 Å². The molecule has 3 aromatic rings. The van der Waals surface area contributed by atoms with Gasteiger partial charge in [-0.05, 0) is 53.6 Å². The second-order valence-electron chi connectivity index (χ2n) is 6.11. The first-order valence-electron chi connectivity index (χ1n) is 8.08. The van der Waals surface area contributed by atoms with E-state index in [9.17, 15) is 9.18 Å². The third-order valence-electron chi connectivity index (χ3n) is 4.64. The zero-order chi connectivity index (χ0) is 17.4. The molecule has 0 unspecified atom stereocenters. The third-order valence-corrected chi connectivity index (χ3v) is 5.62. The van der Waals surface area contributed by atoms with Gasteiger partial charge in [-0.3, -0.25) is 10.0 Å². The number of halogens is 1. The molecule has 128 valence electrons. The van der Waals surface area contributed by atoms with E-state index >= 15 is 0 Å². The lowest BCUT2D eigenvalue weighted by atomic mass is 10.1.